The summed E-state index contributed by atoms with van der Waals surface area (Å²) in [5.74, 6) is -1.64. The van der Waals surface area contributed by atoms with Gasteiger partial charge in [-0.05, 0) is 32.0 Å². The van der Waals surface area contributed by atoms with E-state index in [9.17, 15) is 14.7 Å². The van der Waals surface area contributed by atoms with Crippen molar-refractivity contribution in [3.05, 3.63) is 29.8 Å². The van der Waals surface area contributed by atoms with E-state index < -0.39 is 17.4 Å². The molecule has 0 aromatic heterocycles. The molecule has 2 rings (SSSR count). The van der Waals surface area contributed by atoms with Crippen molar-refractivity contribution in [1.29, 1.82) is 0 Å². The van der Waals surface area contributed by atoms with Crippen LogP contribution >= 0.6 is 0 Å². The van der Waals surface area contributed by atoms with E-state index in [0.717, 1.165) is 0 Å². The molecule has 1 aliphatic heterocycles. The molecule has 1 aromatic rings. The molecule has 5 nitrogen and oxygen atoms in total. The van der Waals surface area contributed by atoms with Gasteiger partial charge in [-0.2, -0.15) is 0 Å². The SMILES string of the molecule is CCNC(C)(C)C(=O)N1CC(C(=O)O)c2ccccc21. The number of likely N-dealkylation sites (N-methyl/N-ethyl adjacent to an activating group) is 1. The Morgan fingerprint density at radius 2 is 2.05 bits per heavy atom. The molecular formula is C15H20N2O3. The Hall–Kier alpha value is -1.88. The molecule has 0 bridgehead atoms. The van der Waals surface area contributed by atoms with E-state index in [-0.39, 0.29) is 12.5 Å². The van der Waals surface area contributed by atoms with Gasteiger partial charge in [0.2, 0.25) is 5.91 Å². The number of aliphatic carboxylic acids is 1. The lowest BCUT2D eigenvalue weighted by Crippen LogP contribution is -2.54. The normalized spacial score (nSPS) is 17.9. The number of carbonyl (C=O) groups excluding carboxylic acids is 1. The smallest absolute Gasteiger partial charge is 0.312 e. The average molecular weight is 276 g/mol. The number of carboxylic acid groups (broad SMARTS) is 1. The Morgan fingerprint density at radius 3 is 2.65 bits per heavy atom. The van der Waals surface area contributed by atoms with Gasteiger partial charge in [0.05, 0.1) is 5.54 Å². The van der Waals surface area contributed by atoms with Gasteiger partial charge in [0.15, 0.2) is 0 Å². The Balaban J connectivity index is 2.36. The molecule has 0 fully saturated rings. The van der Waals surface area contributed by atoms with Gasteiger partial charge in [-0.15, -0.1) is 0 Å². The molecule has 1 heterocycles. The van der Waals surface area contributed by atoms with Gasteiger partial charge in [0.25, 0.3) is 0 Å². The van der Waals surface area contributed by atoms with Crippen molar-refractivity contribution < 1.29 is 14.7 Å². The van der Waals surface area contributed by atoms with Gasteiger partial charge in [0, 0.05) is 12.2 Å². The first-order chi connectivity index (χ1) is 9.38. The lowest BCUT2D eigenvalue weighted by molar-refractivity contribution is -0.138. The van der Waals surface area contributed by atoms with Crippen LogP contribution in [0.15, 0.2) is 24.3 Å². The number of carboxylic acids is 1. The standard InChI is InChI=1S/C15H20N2O3/c1-4-16-15(2,3)14(20)17-9-11(13(18)19)10-7-5-6-8-12(10)17/h5-8,11,16H,4,9H2,1-3H3,(H,18,19). The zero-order chi connectivity index (χ0) is 14.9. The van der Waals surface area contributed by atoms with E-state index in [1.807, 2.05) is 26.8 Å². The van der Waals surface area contributed by atoms with Crippen molar-refractivity contribution in [2.75, 3.05) is 18.0 Å². The lowest BCUT2D eigenvalue weighted by Gasteiger charge is -2.30. The maximum atomic E-state index is 12.7. The number of carbonyl (C=O) groups is 2. The van der Waals surface area contributed by atoms with Gasteiger partial charge < -0.3 is 15.3 Å². The molecule has 1 unspecified atom stereocenters. The number of nitrogens with zero attached hydrogens (tertiary/aromatic N) is 1. The third-order valence-electron chi connectivity index (χ3n) is 3.66. The molecule has 108 valence electrons. The second-order valence-corrected chi connectivity index (χ2v) is 5.52. The number of para-hydroxylation sites is 1. The van der Waals surface area contributed by atoms with Crippen LogP contribution in [0.25, 0.3) is 0 Å². The van der Waals surface area contributed by atoms with Gasteiger partial charge >= 0.3 is 5.97 Å². The van der Waals surface area contributed by atoms with E-state index in [0.29, 0.717) is 17.8 Å². The van der Waals surface area contributed by atoms with Gasteiger partial charge in [-0.3, -0.25) is 9.59 Å². The molecule has 2 N–H and O–H groups in total. The Labute approximate surface area is 118 Å². The highest BCUT2D eigenvalue weighted by Crippen LogP contribution is 2.37. The first kappa shape index (κ1) is 14.5. The van der Waals surface area contributed by atoms with E-state index in [4.69, 9.17) is 0 Å². The maximum Gasteiger partial charge on any atom is 0.312 e. The largest absolute Gasteiger partial charge is 0.481 e. The molecule has 1 aromatic carbocycles. The Morgan fingerprint density at radius 1 is 1.40 bits per heavy atom. The molecule has 0 aliphatic carbocycles. The van der Waals surface area contributed by atoms with E-state index in [1.54, 1.807) is 23.1 Å². The summed E-state index contributed by atoms with van der Waals surface area (Å²) in [6.45, 7) is 6.44. The number of amides is 1. The first-order valence-electron chi connectivity index (χ1n) is 6.77. The van der Waals surface area contributed by atoms with Crippen LogP contribution < -0.4 is 10.2 Å². The van der Waals surface area contributed by atoms with Crippen molar-refractivity contribution in [2.24, 2.45) is 0 Å². The summed E-state index contributed by atoms with van der Waals surface area (Å²) in [4.78, 5) is 25.6. The molecule has 0 radical (unpaired) electrons. The molecule has 1 atom stereocenters. The number of rotatable bonds is 4. The predicted octanol–water partition coefficient (Wildman–Crippen LogP) is 1.59. The topological polar surface area (TPSA) is 69.6 Å². The van der Waals surface area contributed by atoms with Gasteiger partial charge in [0.1, 0.15) is 5.92 Å². The van der Waals surface area contributed by atoms with E-state index in [1.165, 1.54) is 0 Å². The minimum absolute atomic E-state index is 0.101. The van der Waals surface area contributed by atoms with Crippen LogP contribution in [-0.2, 0) is 9.59 Å². The highest BCUT2D eigenvalue weighted by atomic mass is 16.4. The second-order valence-electron chi connectivity index (χ2n) is 5.52. The number of benzene rings is 1. The van der Waals surface area contributed by atoms with Gasteiger partial charge in [-0.25, -0.2) is 0 Å². The highest BCUT2D eigenvalue weighted by molar-refractivity contribution is 6.03. The monoisotopic (exact) mass is 276 g/mol. The van der Waals surface area contributed by atoms with Crippen molar-refractivity contribution in [3.63, 3.8) is 0 Å². The Bertz CT molecular complexity index is 540. The summed E-state index contributed by atoms with van der Waals surface area (Å²) in [5, 5.41) is 12.4. The minimum Gasteiger partial charge on any atom is -0.481 e. The maximum absolute atomic E-state index is 12.7. The quantitative estimate of drug-likeness (QED) is 0.876. The van der Waals surface area contributed by atoms with Crippen LogP contribution in [0.5, 0.6) is 0 Å². The molecular weight excluding hydrogens is 256 g/mol. The van der Waals surface area contributed by atoms with Crippen molar-refractivity contribution in [3.8, 4) is 0 Å². The second kappa shape index (κ2) is 5.25. The summed E-state index contributed by atoms with van der Waals surface area (Å²) < 4.78 is 0. The zero-order valence-corrected chi connectivity index (χ0v) is 12.0. The fourth-order valence-corrected chi connectivity index (χ4v) is 2.67. The molecule has 1 aliphatic rings. The van der Waals surface area contributed by atoms with Crippen LogP contribution in [0.4, 0.5) is 5.69 Å². The first-order valence-corrected chi connectivity index (χ1v) is 6.77. The number of anilines is 1. The molecule has 0 spiro atoms. The molecule has 5 heteroatoms. The molecule has 0 saturated heterocycles. The summed E-state index contributed by atoms with van der Waals surface area (Å²) in [5.41, 5.74) is 0.700. The van der Waals surface area contributed by atoms with E-state index in [2.05, 4.69) is 5.32 Å². The van der Waals surface area contributed by atoms with Crippen molar-refractivity contribution in [1.82, 2.24) is 5.32 Å². The van der Waals surface area contributed by atoms with Crippen LogP contribution in [0.1, 0.15) is 32.3 Å². The molecule has 1 amide bonds. The summed E-state index contributed by atoms with van der Waals surface area (Å²) in [7, 11) is 0. The predicted molar refractivity (Wildman–Crippen MR) is 76.9 cm³/mol. The fraction of sp³-hybridized carbons (Fsp3) is 0.467. The van der Waals surface area contributed by atoms with Gasteiger partial charge in [-0.1, -0.05) is 25.1 Å². The number of fused-ring (bicyclic) bond motifs is 1. The van der Waals surface area contributed by atoms with Crippen LogP contribution in [-0.4, -0.2) is 35.6 Å². The van der Waals surface area contributed by atoms with Crippen LogP contribution in [0.2, 0.25) is 0 Å². The van der Waals surface area contributed by atoms with Crippen LogP contribution in [0.3, 0.4) is 0 Å². The van der Waals surface area contributed by atoms with Crippen molar-refractivity contribution >= 4 is 17.6 Å². The van der Waals surface area contributed by atoms with Crippen molar-refractivity contribution in [2.45, 2.75) is 32.2 Å². The minimum atomic E-state index is -0.894. The summed E-state index contributed by atoms with van der Waals surface area (Å²) in [6.07, 6.45) is 0. The van der Waals surface area contributed by atoms with Crippen LogP contribution in [0, 0.1) is 0 Å². The number of hydrogen-bond donors (Lipinski definition) is 2. The summed E-state index contributed by atoms with van der Waals surface area (Å²) in [6, 6.07) is 7.21. The van der Waals surface area contributed by atoms with E-state index >= 15 is 0 Å². The third kappa shape index (κ3) is 2.41. The molecule has 0 saturated carbocycles. The highest BCUT2D eigenvalue weighted by Gasteiger charge is 2.40. The Kier molecular flexibility index (Phi) is 3.81. The third-order valence-corrected chi connectivity index (χ3v) is 3.66. The zero-order valence-electron chi connectivity index (χ0n) is 12.0. The number of hydrogen-bond acceptors (Lipinski definition) is 3. The fourth-order valence-electron chi connectivity index (χ4n) is 2.67. The summed E-state index contributed by atoms with van der Waals surface area (Å²) >= 11 is 0. The molecule has 20 heavy (non-hydrogen) atoms. The average Bonchev–Trinajstić information content (AvgIpc) is 2.77. The number of nitrogens with one attached hydrogen (secondary N) is 1. The lowest BCUT2D eigenvalue weighted by atomic mass is 10.0.